The second-order valence-electron chi connectivity index (χ2n) is 8.43. The molecule has 29 heavy (non-hydrogen) atoms. The van der Waals surface area contributed by atoms with Crippen LogP contribution >= 0.6 is 0 Å². The van der Waals surface area contributed by atoms with Gasteiger partial charge in [0.15, 0.2) is 0 Å². The highest BCUT2D eigenvalue weighted by Gasteiger charge is 2.48. The Morgan fingerprint density at radius 3 is 2.28 bits per heavy atom. The fraction of sp³-hybridized carbons (Fsp3) is 0.571. The van der Waals surface area contributed by atoms with Gasteiger partial charge in [0.1, 0.15) is 5.54 Å². The third-order valence-electron chi connectivity index (χ3n) is 6.02. The number of hydrogen-bond acceptors (Lipinski definition) is 5. The first kappa shape index (κ1) is 19.8. The summed E-state index contributed by atoms with van der Waals surface area (Å²) >= 11 is 0. The third kappa shape index (κ3) is 4.13. The van der Waals surface area contributed by atoms with Crippen molar-refractivity contribution < 1.29 is 19.1 Å². The van der Waals surface area contributed by atoms with Gasteiger partial charge in [0.2, 0.25) is 0 Å². The molecule has 3 fully saturated rings. The number of nitrogens with one attached hydrogen (secondary N) is 2. The van der Waals surface area contributed by atoms with E-state index in [9.17, 15) is 14.4 Å². The van der Waals surface area contributed by atoms with Crippen LogP contribution in [0.1, 0.15) is 42.6 Å². The summed E-state index contributed by atoms with van der Waals surface area (Å²) in [5, 5.41) is 5.01. The first-order valence-corrected chi connectivity index (χ1v) is 10.2. The van der Waals surface area contributed by atoms with E-state index >= 15 is 0 Å². The molecule has 3 saturated heterocycles. The zero-order valence-corrected chi connectivity index (χ0v) is 16.9. The molecular formula is C21H28N4O4. The molecule has 3 aliphatic heterocycles. The molecule has 2 atom stereocenters. The van der Waals surface area contributed by atoms with Gasteiger partial charge < -0.3 is 15.0 Å². The van der Waals surface area contributed by atoms with Gasteiger partial charge in [-0.25, -0.2) is 4.79 Å². The van der Waals surface area contributed by atoms with E-state index in [1.165, 1.54) is 5.56 Å². The fourth-order valence-electron chi connectivity index (χ4n) is 4.58. The topological polar surface area (TPSA) is 91.0 Å². The Morgan fingerprint density at radius 1 is 1.10 bits per heavy atom. The number of likely N-dealkylation sites (tertiary alicyclic amines) is 1. The summed E-state index contributed by atoms with van der Waals surface area (Å²) in [7, 11) is 0. The Bertz CT molecular complexity index is 791. The molecule has 4 amide bonds. The lowest BCUT2D eigenvalue weighted by Gasteiger charge is -2.37. The molecule has 1 spiro atoms. The number of urea groups is 1. The number of carbonyl (C=O) groups excluding carboxylic acids is 3. The summed E-state index contributed by atoms with van der Waals surface area (Å²) in [6.07, 6.45) is 1.33. The SMILES string of the molecule is C[C@@H]1CN(Cc2ccc(C(=O)N3CCC4(CC3)NC(=O)NC4=O)cc2)C[C@H](C)O1. The lowest BCUT2D eigenvalue weighted by Crippen LogP contribution is -2.55. The summed E-state index contributed by atoms with van der Waals surface area (Å²) in [5.41, 5.74) is 0.962. The van der Waals surface area contributed by atoms with Crippen LogP contribution in [0.5, 0.6) is 0 Å². The van der Waals surface area contributed by atoms with Gasteiger partial charge in [0.25, 0.3) is 11.8 Å². The van der Waals surface area contributed by atoms with E-state index in [1.807, 2.05) is 24.3 Å². The van der Waals surface area contributed by atoms with E-state index in [1.54, 1.807) is 4.90 Å². The standard InChI is InChI=1S/C21H28N4O4/c1-14-11-24(12-15(2)29-14)13-16-3-5-17(6-4-16)18(26)25-9-7-21(8-10-25)19(27)22-20(28)23-21/h3-6,14-15H,7-13H2,1-2H3,(H2,22,23,27,28)/t14-,15+. The van der Waals surface area contributed by atoms with Gasteiger partial charge in [0.05, 0.1) is 12.2 Å². The molecule has 0 bridgehead atoms. The van der Waals surface area contributed by atoms with Gasteiger partial charge in [0, 0.05) is 38.3 Å². The van der Waals surface area contributed by atoms with Gasteiger partial charge >= 0.3 is 6.03 Å². The zero-order valence-electron chi connectivity index (χ0n) is 16.9. The maximum atomic E-state index is 12.8. The average molecular weight is 400 g/mol. The van der Waals surface area contributed by atoms with Crippen LogP contribution in [0.4, 0.5) is 4.79 Å². The minimum Gasteiger partial charge on any atom is -0.373 e. The van der Waals surface area contributed by atoms with E-state index in [0.717, 1.165) is 19.6 Å². The first-order chi connectivity index (χ1) is 13.8. The van der Waals surface area contributed by atoms with E-state index in [2.05, 4.69) is 29.4 Å². The second-order valence-corrected chi connectivity index (χ2v) is 8.43. The molecule has 3 aliphatic rings. The number of imide groups is 1. The number of amides is 4. The molecule has 0 aliphatic carbocycles. The Labute approximate surface area is 170 Å². The highest BCUT2D eigenvalue weighted by molar-refractivity contribution is 6.07. The number of benzene rings is 1. The number of carbonyl (C=O) groups is 3. The average Bonchev–Trinajstić information content (AvgIpc) is 2.94. The third-order valence-corrected chi connectivity index (χ3v) is 6.02. The molecule has 2 N–H and O–H groups in total. The molecule has 1 aromatic carbocycles. The van der Waals surface area contributed by atoms with Crippen molar-refractivity contribution in [2.45, 2.75) is 51.0 Å². The van der Waals surface area contributed by atoms with Crippen molar-refractivity contribution in [3.8, 4) is 0 Å². The van der Waals surface area contributed by atoms with Crippen LogP contribution in [-0.4, -0.2) is 71.6 Å². The number of hydrogen-bond donors (Lipinski definition) is 2. The van der Waals surface area contributed by atoms with Crippen molar-refractivity contribution in [3.63, 3.8) is 0 Å². The van der Waals surface area contributed by atoms with Crippen LogP contribution in [-0.2, 0) is 16.1 Å². The smallest absolute Gasteiger partial charge is 0.322 e. The fourth-order valence-corrected chi connectivity index (χ4v) is 4.58. The number of rotatable bonds is 3. The van der Waals surface area contributed by atoms with E-state index in [4.69, 9.17) is 4.74 Å². The van der Waals surface area contributed by atoms with Gasteiger partial charge in [-0.3, -0.25) is 19.8 Å². The maximum absolute atomic E-state index is 12.8. The summed E-state index contributed by atoms with van der Waals surface area (Å²) in [6, 6.07) is 7.32. The molecule has 8 nitrogen and oxygen atoms in total. The summed E-state index contributed by atoms with van der Waals surface area (Å²) in [5.74, 6) is -0.324. The normalized spacial score (nSPS) is 27.0. The molecule has 8 heteroatoms. The molecule has 4 rings (SSSR count). The van der Waals surface area contributed by atoms with Crippen LogP contribution in [0.3, 0.4) is 0 Å². The van der Waals surface area contributed by atoms with Crippen LogP contribution in [0.2, 0.25) is 0 Å². The van der Waals surface area contributed by atoms with Crippen molar-refractivity contribution >= 4 is 17.8 Å². The summed E-state index contributed by atoms with van der Waals surface area (Å²) in [4.78, 5) is 40.5. The van der Waals surface area contributed by atoms with Crippen molar-refractivity contribution in [2.75, 3.05) is 26.2 Å². The van der Waals surface area contributed by atoms with Crippen molar-refractivity contribution in [1.82, 2.24) is 20.4 Å². The minimum absolute atomic E-state index is 0.0373. The number of ether oxygens (including phenoxy) is 1. The predicted octanol–water partition coefficient (Wildman–Crippen LogP) is 1.11. The van der Waals surface area contributed by atoms with Gasteiger partial charge in [-0.1, -0.05) is 12.1 Å². The van der Waals surface area contributed by atoms with Crippen LogP contribution in [0, 0.1) is 0 Å². The van der Waals surface area contributed by atoms with E-state index < -0.39 is 11.6 Å². The Hall–Kier alpha value is -2.45. The van der Waals surface area contributed by atoms with Crippen molar-refractivity contribution in [1.29, 1.82) is 0 Å². The lowest BCUT2D eigenvalue weighted by atomic mass is 9.87. The monoisotopic (exact) mass is 400 g/mol. The second kappa shape index (κ2) is 7.76. The van der Waals surface area contributed by atoms with E-state index in [0.29, 0.717) is 31.5 Å². The summed E-state index contributed by atoms with van der Waals surface area (Å²) in [6.45, 7) is 7.72. The molecule has 0 radical (unpaired) electrons. The van der Waals surface area contributed by atoms with Gasteiger partial charge in [-0.2, -0.15) is 0 Å². The van der Waals surface area contributed by atoms with E-state index in [-0.39, 0.29) is 24.0 Å². The Balaban J connectivity index is 1.34. The zero-order chi connectivity index (χ0) is 20.6. The van der Waals surface area contributed by atoms with Crippen LogP contribution < -0.4 is 10.6 Å². The number of morpholine rings is 1. The molecule has 1 aromatic rings. The molecule has 0 aromatic heterocycles. The highest BCUT2D eigenvalue weighted by Crippen LogP contribution is 2.26. The van der Waals surface area contributed by atoms with Crippen LogP contribution in [0.25, 0.3) is 0 Å². The van der Waals surface area contributed by atoms with Gasteiger partial charge in [-0.05, 0) is 44.4 Å². The molecule has 156 valence electrons. The number of nitrogens with zero attached hydrogens (tertiary/aromatic N) is 2. The summed E-state index contributed by atoms with van der Waals surface area (Å²) < 4.78 is 5.78. The minimum atomic E-state index is -0.857. The molecule has 3 heterocycles. The highest BCUT2D eigenvalue weighted by atomic mass is 16.5. The van der Waals surface area contributed by atoms with Gasteiger partial charge in [-0.15, -0.1) is 0 Å². The maximum Gasteiger partial charge on any atom is 0.322 e. The Morgan fingerprint density at radius 2 is 1.72 bits per heavy atom. The number of piperidine rings is 1. The quantitative estimate of drug-likeness (QED) is 0.742. The van der Waals surface area contributed by atoms with Crippen molar-refractivity contribution in [3.05, 3.63) is 35.4 Å². The molecular weight excluding hydrogens is 372 g/mol. The predicted molar refractivity (Wildman–Crippen MR) is 106 cm³/mol. The Kier molecular flexibility index (Phi) is 5.31. The first-order valence-electron chi connectivity index (χ1n) is 10.2. The van der Waals surface area contributed by atoms with Crippen LogP contribution in [0.15, 0.2) is 24.3 Å². The lowest BCUT2D eigenvalue weighted by molar-refractivity contribution is -0.125. The largest absolute Gasteiger partial charge is 0.373 e. The van der Waals surface area contributed by atoms with Crippen molar-refractivity contribution in [2.24, 2.45) is 0 Å². The molecule has 0 unspecified atom stereocenters. The molecule has 0 saturated carbocycles.